The third-order valence-electron chi connectivity index (χ3n) is 11.7. The Morgan fingerprint density at radius 3 is 1.20 bits per heavy atom. The second-order valence-electron chi connectivity index (χ2n) is 18.1. The average Bonchev–Trinajstić information content (AvgIpc) is 3.30. The first-order valence-electron chi connectivity index (χ1n) is 27.5. The van der Waals surface area contributed by atoms with Gasteiger partial charge in [-0.15, -0.1) is 0 Å². The molecule has 0 N–H and O–H groups in total. The van der Waals surface area contributed by atoms with E-state index in [1.54, 1.807) is 0 Å². The van der Waals surface area contributed by atoms with Crippen molar-refractivity contribution in [1.82, 2.24) is 0 Å². The first kappa shape index (κ1) is 61.3. The van der Waals surface area contributed by atoms with Gasteiger partial charge in [-0.05, 0) is 83.5 Å². The van der Waals surface area contributed by atoms with Crippen molar-refractivity contribution >= 4 is 11.9 Å². The molecule has 0 aromatic rings. The van der Waals surface area contributed by atoms with Gasteiger partial charge in [0.05, 0.1) is 6.61 Å². The second kappa shape index (κ2) is 54.7. The van der Waals surface area contributed by atoms with E-state index in [-0.39, 0.29) is 25.2 Å². The van der Waals surface area contributed by atoms with E-state index in [0.717, 1.165) is 77.0 Å². The van der Waals surface area contributed by atoms with Crippen molar-refractivity contribution in [2.45, 2.75) is 271 Å². The van der Waals surface area contributed by atoms with E-state index in [4.69, 9.17) is 14.2 Å². The lowest BCUT2D eigenvalue weighted by molar-refractivity contribution is -0.162. The Bertz CT molecular complexity index is 1150. The summed E-state index contributed by atoms with van der Waals surface area (Å²) in [4.78, 5) is 25.4. The van der Waals surface area contributed by atoms with Gasteiger partial charge in [0.15, 0.2) is 6.10 Å². The Kier molecular flexibility index (Phi) is 52.4. The number of esters is 2. The fourth-order valence-electron chi connectivity index (χ4n) is 7.66. The van der Waals surface area contributed by atoms with Crippen LogP contribution >= 0.6 is 0 Å². The van der Waals surface area contributed by atoms with E-state index in [0.29, 0.717) is 19.4 Å². The Labute approximate surface area is 397 Å². The van der Waals surface area contributed by atoms with Gasteiger partial charge in [0.1, 0.15) is 6.61 Å². The highest BCUT2D eigenvalue weighted by atomic mass is 16.6. The molecule has 0 amide bonds. The van der Waals surface area contributed by atoms with Crippen molar-refractivity contribution in [2.24, 2.45) is 0 Å². The molecule has 5 heteroatoms. The Hall–Kier alpha value is -2.66. The van der Waals surface area contributed by atoms with Gasteiger partial charge in [0.25, 0.3) is 0 Å². The standard InChI is InChI=1S/C59H104O5/c1-4-7-10-13-16-19-22-25-28-30-32-35-38-41-44-47-50-53-59(61)64-57(55-62-54-51-48-45-42-39-36-33-29-26-23-20-17-14-11-8-5-2)56-63-58(60)52-49-46-43-40-37-34-31-27-24-21-18-15-12-9-6-3/h7,10,16,19,21,24-25,28,32,35,41,44,57H,4-6,8-9,11-15,17-18,20,22-23,26-27,29-31,33-34,36-40,42-43,45-56H2,1-3H3/b10-7-,19-16-,24-21-,28-25-,35-32-,44-41-/t57-/m1/s1. The van der Waals surface area contributed by atoms with E-state index >= 15 is 0 Å². The van der Waals surface area contributed by atoms with Crippen LogP contribution in [0.3, 0.4) is 0 Å². The van der Waals surface area contributed by atoms with Crippen LogP contribution in [0, 0.1) is 0 Å². The number of rotatable bonds is 50. The summed E-state index contributed by atoms with van der Waals surface area (Å²) in [5.74, 6) is -0.462. The molecule has 0 bridgehead atoms. The van der Waals surface area contributed by atoms with E-state index in [9.17, 15) is 9.59 Å². The fourth-order valence-corrected chi connectivity index (χ4v) is 7.66. The number of carbonyl (C=O) groups is 2. The summed E-state index contributed by atoms with van der Waals surface area (Å²) in [6.45, 7) is 7.67. The molecule has 0 heterocycles. The van der Waals surface area contributed by atoms with Crippen LogP contribution < -0.4 is 0 Å². The molecule has 0 rings (SSSR count). The zero-order valence-corrected chi connectivity index (χ0v) is 42.5. The normalized spacial score (nSPS) is 12.7. The number of unbranched alkanes of at least 4 members (excludes halogenated alkanes) is 27. The van der Waals surface area contributed by atoms with Crippen LogP contribution in [-0.4, -0.2) is 37.9 Å². The minimum absolute atomic E-state index is 0.0610. The predicted molar refractivity (Wildman–Crippen MR) is 279 cm³/mol. The van der Waals surface area contributed by atoms with Crippen molar-refractivity contribution in [2.75, 3.05) is 19.8 Å². The maximum absolute atomic E-state index is 12.8. The smallest absolute Gasteiger partial charge is 0.306 e. The van der Waals surface area contributed by atoms with Crippen molar-refractivity contribution in [3.63, 3.8) is 0 Å². The quantitative estimate of drug-likeness (QED) is 0.0346. The molecule has 0 fully saturated rings. The van der Waals surface area contributed by atoms with Gasteiger partial charge in [0.2, 0.25) is 0 Å². The summed E-state index contributed by atoms with van der Waals surface area (Å²) in [6, 6.07) is 0. The topological polar surface area (TPSA) is 61.8 Å². The molecule has 0 unspecified atom stereocenters. The molecule has 0 radical (unpaired) electrons. The zero-order chi connectivity index (χ0) is 46.3. The van der Waals surface area contributed by atoms with Crippen LogP contribution in [0.5, 0.6) is 0 Å². The third-order valence-corrected chi connectivity index (χ3v) is 11.7. The average molecular weight is 893 g/mol. The van der Waals surface area contributed by atoms with Gasteiger partial charge >= 0.3 is 11.9 Å². The van der Waals surface area contributed by atoms with E-state index in [1.807, 2.05) is 0 Å². The lowest BCUT2D eigenvalue weighted by atomic mass is 10.0. The minimum atomic E-state index is -0.567. The molecule has 0 aromatic heterocycles. The molecule has 0 saturated carbocycles. The van der Waals surface area contributed by atoms with Gasteiger partial charge in [-0.25, -0.2) is 0 Å². The third kappa shape index (κ3) is 52.0. The van der Waals surface area contributed by atoms with Crippen molar-refractivity contribution in [3.05, 3.63) is 72.9 Å². The SMILES string of the molecule is CC/C=C\C/C=C\C/C=C\C/C=C\C/C=C\CCCC(=O)O[C@H](COCCCCCCCCCCCCCCCCCC)COC(=O)CCCCCCCCC/C=C\CCCCCC. The number of allylic oxidation sites excluding steroid dienone is 12. The van der Waals surface area contributed by atoms with Crippen LogP contribution in [0.25, 0.3) is 0 Å². The minimum Gasteiger partial charge on any atom is -0.462 e. The Morgan fingerprint density at radius 1 is 0.359 bits per heavy atom. The lowest BCUT2D eigenvalue weighted by Crippen LogP contribution is -2.30. The van der Waals surface area contributed by atoms with Gasteiger partial charge in [-0.2, -0.15) is 0 Å². The molecule has 0 saturated heterocycles. The summed E-state index contributed by atoms with van der Waals surface area (Å²) < 4.78 is 17.4. The number of hydrogen-bond donors (Lipinski definition) is 0. The van der Waals surface area contributed by atoms with Gasteiger partial charge < -0.3 is 14.2 Å². The van der Waals surface area contributed by atoms with E-state index in [1.165, 1.54) is 154 Å². The van der Waals surface area contributed by atoms with Crippen LogP contribution in [-0.2, 0) is 23.8 Å². The zero-order valence-electron chi connectivity index (χ0n) is 42.5. The first-order chi connectivity index (χ1) is 31.6. The highest BCUT2D eigenvalue weighted by molar-refractivity contribution is 5.70. The highest BCUT2D eigenvalue weighted by Gasteiger charge is 2.17. The van der Waals surface area contributed by atoms with Crippen molar-refractivity contribution in [3.8, 4) is 0 Å². The summed E-state index contributed by atoms with van der Waals surface area (Å²) in [5, 5.41) is 0. The number of hydrogen-bond acceptors (Lipinski definition) is 5. The highest BCUT2D eigenvalue weighted by Crippen LogP contribution is 2.15. The van der Waals surface area contributed by atoms with Gasteiger partial charge in [-0.3, -0.25) is 9.59 Å². The molecular formula is C59H104O5. The second-order valence-corrected chi connectivity index (χ2v) is 18.1. The number of ether oxygens (including phenoxy) is 3. The maximum Gasteiger partial charge on any atom is 0.306 e. The van der Waals surface area contributed by atoms with E-state index < -0.39 is 6.10 Å². The van der Waals surface area contributed by atoms with Crippen molar-refractivity contribution in [1.29, 1.82) is 0 Å². The Balaban J connectivity index is 4.36. The van der Waals surface area contributed by atoms with Gasteiger partial charge in [0, 0.05) is 19.4 Å². The molecule has 0 aliphatic rings. The molecule has 0 aliphatic carbocycles. The molecule has 5 nitrogen and oxygen atoms in total. The predicted octanol–water partition coefficient (Wildman–Crippen LogP) is 18.7. The molecule has 64 heavy (non-hydrogen) atoms. The molecule has 0 spiro atoms. The van der Waals surface area contributed by atoms with E-state index in [2.05, 4.69) is 93.7 Å². The first-order valence-corrected chi connectivity index (χ1v) is 27.5. The molecule has 370 valence electrons. The summed E-state index contributed by atoms with van der Waals surface area (Å²) in [7, 11) is 0. The Morgan fingerprint density at radius 2 is 0.719 bits per heavy atom. The molecule has 0 aliphatic heterocycles. The summed E-state index contributed by atoms with van der Waals surface area (Å²) in [6.07, 6.45) is 70.6. The summed E-state index contributed by atoms with van der Waals surface area (Å²) >= 11 is 0. The van der Waals surface area contributed by atoms with Crippen LogP contribution in [0.4, 0.5) is 0 Å². The number of carbonyl (C=O) groups excluding carboxylic acids is 2. The van der Waals surface area contributed by atoms with Gasteiger partial charge in [-0.1, -0.05) is 241 Å². The lowest BCUT2D eigenvalue weighted by Gasteiger charge is -2.18. The fraction of sp³-hybridized carbons (Fsp3) is 0.763. The molecular weight excluding hydrogens is 789 g/mol. The largest absolute Gasteiger partial charge is 0.462 e. The summed E-state index contributed by atoms with van der Waals surface area (Å²) in [5.41, 5.74) is 0. The maximum atomic E-state index is 12.8. The van der Waals surface area contributed by atoms with Crippen LogP contribution in [0.15, 0.2) is 72.9 Å². The van der Waals surface area contributed by atoms with Crippen LogP contribution in [0.2, 0.25) is 0 Å². The molecule has 1 atom stereocenters. The molecule has 0 aromatic carbocycles. The monoisotopic (exact) mass is 893 g/mol. The van der Waals surface area contributed by atoms with Crippen LogP contribution in [0.1, 0.15) is 265 Å². The van der Waals surface area contributed by atoms with Crippen molar-refractivity contribution < 1.29 is 23.8 Å².